The molecule has 0 N–H and O–H groups in total. The molecule has 35 heavy (non-hydrogen) atoms. The van der Waals surface area contributed by atoms with Crippen LogP contribution in [0.5, 0.6) is 0 Å². The summed E-state index contributed by atoms with van der Waals surface area (Å²) in [6.07, 6.45) is 1.83. The number of rotatable bonds is 2. The summed E-state index contributed by atoms with van der Waals surface area (Å²) in [6.45, 7) is 0. The third-order valence-electron chi connectivity index (χ3n) is 6.44. The Labute approximate surface area is 214 Å². The molecule has 1 aliphatic heterocycles. The van der Waals surface area contributed by atoms with Gasteiger partial charge in [-0.05, 0) is 0 Å². The Kier molecular flexibility index (Phi) is 4.80. The van der Waals surface area contributed by atoms with Gasteiger partial charge in [0, 0.05) is 0 Å². The number of carbonyl (C=O) groups is 2. The molecule has 166 valence electrons. The minimum atomic E-state index is -0.169. The monoisotopic (exact) mass is 583 g/mol. The van der Waals surface area contributed by atoms with Crippen molar-refractivity contribution < 1.29 is 9.59 Å². The van der Waals surface area contributed by atoms with Crippen LogP contribution in [0.2, 0.25) is 0 Å². The second-order valence-electron chi connectivity index (χ2n) is 8.47. The van der Waals surface area contributed by atoms with Crippen molar-refractivity contribution in [2.75, 3.05) is 4.90 Å². The average Bonchev–Trinajstić information content (AvgIpc) is 3.45. The number of fused-ring (bicyclic) bond motifs is 5. The first-order chi connectivity index (χ1) is 17.2. The van der Waals surface area contributed by atoms with Gasteiger partial charge in [0.2, 0.25) is 0 Å². The Balaban J connectivity index is 1.31. The second-order valence-corrected chi connectivity index (χ2v) is 13.0. The number of allylic oxidation sites excluding steroid dienone is 1. The third-order valence-corrected chi connectivity index (χ3v) is 10.9. The van der Waals surface area contributed by atoms with Crippen molar-refractivity contribution in [1.82, 2.24) is 0 Å². The van der Waals surface area contributed by atoms with Gasteiger partial charge in [-0.3, -0.25) is 0 Å². The molecular formula is C30H17NO2Se2. The SMILES string of the molecule is O=C1/C(=C\c2ccc(N3c4ccccc4[Se]c4ccccc43)[se]2)C(=O)c2c1ccc1ccccc21. The molecule has 0 amide bonds. The first-order valence-corrected chi connectivity index (χ1v) is 14.7. The number of carbonyl (C=O) groups excluding carboxylic acids is 2. The summed E-state index contributed by atoms with van der Waals surface area (Å²) in [5.74, 6) is -0.333. The topological polar surface area (TPSA) is 37.4 Å². The molecule has 5 heteroatoms. The molecule has 1 aliphatic carbocycles. The summed E-state index contributed by atoms with van der Waals surface area (Å²) in [4.78, 5) is 29.0. The van der Waals surface area contributed by atoms with Crippen LogP contribution in [0.3, 0.4) is 0 Å². The van der Waals surface area contributed by atoms with Crippen LogP contribution in [0, 0.1) is 0 Å². The molecule has 1 aromatic heterocycles. The van der Waals surface area contributed by atoms with Gasteiger partial charge in [-0.15, -0.1) is 0 Å². The minimum absolute atomic E-state index is 0.0328. The van der Waals surface area contributed by atoms with Crippen LogP contribution < -0.4 is 13.8 Å². The number of para-hydroxylation sites is 2. The van der Waals surface area contributed by atoms with E-state index in [-0.39, 0.29) is 46.6 Å². The standard InChI is InChI=1S/C30H17NO2Se2/c32-29-21-15-13-18-7-1-2-8-20(18)28(21)30(33)22(29)17-19-14-16-27(34-19)31-23-9-3-5-11-25(23)35-26-12-6-4-10-24(26)31/h1-17H/b22-17+. The summed E-state index contributed by atoms with van der Waals surface area (Å²) in [6, 6.07) is 32.9. The average molecular weight is 581 g/mol. The molecule has 0 saturated heterocycles. The molecule has 0 fully saturated rings. The Morgan fingerprint density at radius 2 is 1.34 bits per heavy atom. The van der Waals surface area contributed by atoms with Crippen LogP contribution in [0.4, 0.5) is 15.9 Å². The predicted octanol–water partition coefficient (Wildman–Crippen LogP) is 4.80. The molecule has 0 saturated carbocycles. The van der Waals surface area contributed by atoms with E-state index in [1.807, 2.05) is 36.4 Å². The van der Waals surface area contributed by atoms with Gasteiger partial charge in [0.15, 0.2) is 0 Å². The Morgan fingerprint density at radius 3 is 2.11 bits per heavy atom. The molecule has 4 aromatic carbocycles. The molecule has 0 bridgehead atoms. The Hall–Kier alpha value is -3.46. The number of nitrogens with zero attached hydrogens (tertiary/aromatic N) is 1. The summed E-state index contributed by atoms with van der Waals surface area (Å²) >= 11 is 0.236. The van der Waals surface area contributed by atoms with Crippen LogP contribution in [0.1, 0.15) is 25.2 Å². The summed E-state index contributed by atoms with van der Waals surface area (Å²) in [5, 5.41) is 1.82. The van der Waals surface area contributed by atoms with Gasteiger partial charge in [0.25, 0.3) is 0 Å². The molecule has 0 unspecified atom stereocenters. The van der Waals surface area contributed by atoms with E-state index < -0.39 is 0 Å². The number of anilines is 3. The summed E-state index contributed by atoms with van der Waals surface area (Å²) in [7, 11) is 0. The predicted molar refractivity (Wildman–Crippen MR) is 144 cm³/mol. The zero-order valence-corrected chi connectivity index (χ0v) is 21.8. The van der Waals surface area contributed by atoms with Gasteiger partial charge in [0.05, 0.1) is 0 Å². The molecule has 3 nitrogen and oxygen atoms in total. The quantitative estimate of drug-likeness (QED) is 0.168. The van der Waals surface area contributed by atoms with E-state index in [2.05, 4.69) is 65.6 Å². The number of ketones is 2. The van der Waals surface area contributed by atoms with Gasteiger partial charge >= 0.3 is 215 Å². The van der Waals surface area contributed by atoms with E-state index >= 15 is 0 Å². The van der Waals surface area contributed by atoms with Crippen molar-refractivity contribution in [1.29, 1.82) is 0 Å². The maximum atomic E-state index is 13.4. The van der Waals surface area contributed by atoms with Crippen LogP contribution in [-0.4, -0.2) is 41.0 Å². The third kappa shape index (κ3) is 3.25. The van der Waals surface area contributed by atoms with Gasteiger partial charge in [-0.2, -0.15) is 0 Å². The molecule has 0 atom stereocenters. The maximum absolute atomic E-state index is 13.4. The Bertz CT molecular complexity index is 1680. The van der Waals surface area contributed by atoms with E-state index in [1.165, 1.54) is 24.9 Å². The second kappa shape index (κ2) is 8.05. The van der Waals surface area contributed by atoms with Gasteiger partial charge in [-0.25, -0.2) is 0 Å². The first-order valence-electron chi connectivity index (χ1n) is 11.3. The molecule has 0 spiro atoms. The van der Waals surface area contributed by atoms with Crippen molar-refractivity contribution in [2.45, 2.75) is 0 Å². The molecule has 2 heterocycles. The van der Waals surface area contributed by atoms with Crippen LogP contribution >= 0.6 is 0 Å². The number of hydrogen-bond acceptors (Lipinski definition) is 3. The van der Waals surface area contributed by atoms with E-state index in [0.29, 0.717) is 11.1 Å². The fraction of sp³-hybridized carbons (Fsp3) is 0. The molecule has 2 aliphatic rings. The molecule has 0 radical (unpaired) electrons. The molecule has 7 rings (SSSR count). The van der Waals surface area contributed by atoms with Gasteiger partial charge in [-0.1, -0.05) is 0 Å². The molecular weight excluding hydrogens is 564 g/mol. The zero-order chi connectivity index (χ0) is 23.5. The fourth-order valence-corrected chi connectivity index (χ4v) is 9.12. The number of Topliss-reactive ketones (excluding diaryl/α,β-unsaturated/α-hetero) is 2. The summed E-state index contributed by atoms with van der Waals surface area (Å²) in [5.41, 5.74) is 3.80. The van der Waals surface area contributed by atoms with E-state index in [9.17, 15) is 9.59 Å². The van der Waals surface area contributed by atoms with Crippen molar-refractivity contribution in [3.63, 3.8) is 0 Å². The van der Waals surface area contributed by atoms with E-state index in [1.54, 1.807) is 6.07 Å². The van der Waals surface area contributed by atoms with Crippen molar-refractivity contribution in [2.24, 2.45) is 0 Å². The van der Waals surface area contributed by atoms with Gasteiger partial charge < -0.3 is 0 Å². The normalized spacial score (nSPS) is 15.4. The van der Waals surface area contributed by atoms with Crippen LogP contribution in [0.25, 0.3) is 16.8 Å². The van der Waals surface area contributed by atoms with Crippen LogP contribution in [-0.2, 0) is 0 Å². The first kappa shape index (κ1) is 20.9. The van der Waals surface area contributed by atoms with Crippen molar-refractivity contribution in [3.05, 3.63) is 118 Å². The Morgan fingerprint density at radius 1 is 0.657 bits per heavy atom. The number of hydrogen-bond donors (Lipinski definition) is 0. The van der Waals surface area contributed by atoms with E-state index in [4.69, 9.17) is 0 Å². The van der Waals surface area contributed by atoms with E-state index in [0.717, 1.165) is 15.2 Å². The van der Waals surface area contributed by atoms with Gasteiger partial charge in [0.1, 0.15) is 0 Å². The fourth-order valence-electron chi connectivity index (χ4n) is 4.84. The molecule has 5 aromatic rings. The number of benzene rings is 4. The zero-order valence-electron chi connectivity index (χ0n) is 18.4. The van der Waals surface area contributed by atoms with Crippen molar-refractivity contribution >= 4 is 82.7 Å². The van der Waals surface area contributed by atoms with Crippen molar-refractivity contribution in [3.8, 4) is 0 Å². The van der Waals surface area contributed by atoms with Crippen LogP contribution in [0.15, 0.2) is 103 Å². The summed E-state index contributed by atoms with van der Waals surface area (Å²) < 4.78 is 4.98.